The third kappa shape index (κ3) is 4.67. The monoisotopic (exact) mass is 467 g/mol. The van der Waals surface area contributed by atoms with E-state index in [2.05, 4.69) is 34.1 Å². The average molecular weight is 468 g/mol. The Bertz CT molecular complexity index is 1240. The maximum atomic E-state index is 13.0. The summed E-state index contributed by atoms with van der Waals surface area (Å²) in [4.78, 5) is 29.6. The quantitative estimate of drug-likeness (QED) is 0.544. The zero-order valence-corrected chi connectivity index (χ0v) is 20.3. The second-order valence-electron chi connectivity index (χ2n) is 9.98. The number of anilines is 1. The highest BCUT2D eigenvalue weighted by Crippen LogP contribution is 2.26. The van der Waals surface area contributed by atoms with Crippen molar-refractivity contribution >= 4 is 28.7 Å². The maximum Gasteiger partial charge on any atom is 0.246 e. The lowest BCUT2D eigenvalue weighted by Gasteiger charge is -2.43. The minimum absolute atomic E-state index is 0.0611. The first-order chi connectivity index (χ1) is 17.2. The molecule has 6 nitrogen and oxygen atoms in total. The molecular weight excluding hydrogens is 434 g/mol. The van der Waals surface area contributed by atoms with Crippen LogP contribution >= 0.6 is 0 Å². The Kier molecular flexibility index (Phi) is 6.21. The normalized spacial score (nSPS) is 19.5. The number of rotatable bonds is 4. The van der Waals surface area contributed by atoms with Gasteiger partial charge >= 0.3 is 0 Å². The molecule has 2 fully saturated rings. The molecule has 0 atom stereocenters. The van der Waals surface area contributed by atoms with E-state index in [0.29, 0.717) is 13.1 Å². The van der Waals surface area contributed by atoms with Gasteiger partial charge in [-0.25, -0.2) is 9.97 Å². The summed E-state index contributed by atoms with van der Waals surface area (Å²) in [6, 6.07) is 15.3. The Morgan fingerprint density at radius 3 is 2.54 bits per heavy atom. The number of fused-ring (bicyclic) bond motifs is 2. The molecule has 6 rings (SSSR count). The van der Waals surface area contributed by atoms with E-state index in [1.54, 1.807) is 6.08 Å². The van der Waals surface area contributed by atoms with E-state index in [4.69, 9.17) is 9.97 Å². The molecule has 2 aromatic carbocycles. The van der Waals surface area contributed by atoms with Crippen LogP contribution in [0.3, 0.4) is 0 Å². The Labute approximate surface area is 207 Å². The number of benzene rings is 2. The highest BCUT2D eigenvalue weighted by Gasteiger charge is 2.29. The molecule has 6 heteroatoms. The van der Waals surface area contributed by atoms with E-state index >= 15 is 0 Å². The second kappa shape index (κ2) is 9.78. The molecule has 0 radical (unpaired) electrons. The zero-order valence-electron chi connectivity index (χ0n) is 20.3. The van der Waals surface area contributed by atoms with Crippen molar-refractivity contribution in [2.75, 3.05) is 44.2 Å². The van der Waals surface area contributed by atoms with E-state index in [-0.39, 0.29) is 5.91 Å². The van der Waals surface area contributed by atoms with Crippen LogP contribution in [0.5, 0.6) is 0 Å². The van der Waals surface area contributed by atoms with Crippen LogP contribution in [0.4, 0.5) is 5.95 Å². The number of amides is 1. The molecule has 1 aromatic heterocycles. The van der Waals surface area contributed by atoms with Crippen molar-refractivity contribution in [2.45, 2.75) is 38.1 Å². The number of aromatic nitrogens is 2. The van der Waals surface area contributed by atoms with Crippen LogP contribution in [-0.2, 0) is 17.6 Å². The second-order valence-corrected chi connectivity index (χ2v) is 9.98. The topological polar surface area (TPSA) is 52.6 Å². The van der Waals surface area contributed by atoms with E-state index in [1.807, 2.05) is 35.4 Å². The fraction of sp³-hybridized carbons (Fsp3) is 0.414. The highest BCUT2D eigenvalue weighted by molar-refractivity contribution is 5.96. The molecule has 0 bridgehead atoms. The zero-order chi connectivity index (χ0) is 23.6. The van der Waals surface area contributed by atoms with Crippen molar-refractivity contribution < 1.29 is 4.79 Å². The summed E-state index contributed by atoms with van der Waals surface area (Å²) < 4.78 is 0. The van der Waals surface area contributed by atoms with Crippen LogP contribution in [0.15, 0.2) is 54.7 Å². The molecule has 1 amide bonds. The Hall–Kier alpha value is -3.25. The van der Waals surface area contributed by atoms with Crippen molar-refractivity contribution in [3.8, 4) is 0 Å². The van der Waals surface area contributed by atoms with Gasteiger partial charge in [0.05, 0.1) is 5.69 Å². The minimum atomic E-state index is 0.0611. The largest absolute Gasteiger partial charge is 0.338 e. The van der Waals surface area contributed by atoms with Gasteiger partial charge in [0.1, 0.15) is 0 Å². The SMILES string of the molecule is O=C(/C=C/c1cccc2ccccc12)N1CCc2cnc(N3CCN(C4CCC4)CC3)nc2CC1. The fourth-order valence-corrected chi connectivity index (χ4v) is 5.54. The predicted octanol–water partition coefficient (Wildman–Crippen LogP) is 3.94. The molecule has 3 aromatic rings. The highest BCUT2D eigenvalue weighted by atomic mass is 16.2. The first-order valence-corrected chi connectivity index (χ1v) is 13.0. The van der Waals surface area contributed by atoms with Crippen LogP contribution < -0.4 is 4.90 Å². The summed E-state index contributed by atoms with van der Waals surface area (Å²) in [5, 5.41) is 2.35. The molecule has 0 unspecified atom stereocenters. The summed E-state index contributed by atoms with van der Waals surface area (Å²) in [5.74, 6) is 0.915. The first-order valence-electron chi connectivity index (χ1n) is 13.0. The predicted molar refractivity (Wildman–Crippen MR) is 140 cm³/mol. The molecule has 3 aliphatic rings. The molecule has 1 saturated heterocycles. The van der Waals surface area contributed by atoms with E-state index in [9.17, 15) is 4.79 Å². The fourth-order valence-electron chi connectivity index (χ4n) is 5.54. The van der Waals surface area contributed by atoms with Crippen LogP contribution in [0.2, 0.25) is 0 Å². The average Bonchev–Trinajstić information content (AvgIpc) is 3.09. The number of carbonyl (C=O) groups is 1. The molecule has 180 valence electrons. The molecular formula is C29H33N5O. The van der Waals surface area contributed by atoms with E-state index in [1.165, 1.54) is 35.6 Å². The molecule has 35 heavy (non-hydrogen) atoms. The summed E-state index contributed by atoms with van der Waals surface area (Å²) >= 11 is 0. The molecule has 1 aliphatic carbocycles. The number of hydrogen-bond donors (Lipinski definition) is 0. The van der Waals surface area contributed by atoms with E-state index in [0.717, 1.165) is 62.3 Å². The Morgan fingerprint density at radius 2 is 1.71 bits per heavy atom. The lowest BCUT2D eigenvalue weighted by molar-refractivity contribution is -0.125. The summed E-state index contributed by atoms with van der Waals surface area (Å²) in [7, 11) is 0. The van der Waals surface area contributed by atoms with Gasteiger partial charge in [0, 0.05) is 64.0 Å². The number of hydrogen-bond acceptors (Lipinski definition) is 5. The van der Waals surface area contributed by atoms with Crippen molar-refractivity contribution in [1.29, 1.82) is 0 Å². The molecule has 2 aliphatic heterocycles. The van der Waals surface area contributed by atoms with Crippen molar-refractivity contribution in [3.63, 3.8) is 0 Å². The van der Waals surface area contributed by atoms with Crippen molar-refractivity contribution in [2.24, 2.45) is 0 Å². The third-order valence-electron chi connectivity index (χ3n) is 7.94. The number of piperazine rings is 1. The third-order valence-corrected chi connectivity index (χ3v) is 7.94. The van der Waals surface area contributed by atoms with Crippen molar-refractivity contribution in [1.82, 2.24) is 19.8 Å². The van der Waals surface area contributed by atoms with Gasteiger partial charge in [-0.2, -0.15) is 0 Å². The van der Waals surface area contributed by atoms with Gasteiger partial charge in [0.2, 0.25) is 11.9 Å². The van der Waals surface area contributed by atoms with Crippen molar-refractivity contribution in [3.05, 3.63) is 71.6 Å². The van der Waals surface area contributed by atoms with Gasteiger partial charge in [-0.15, -0.1) is 0 Å². The van der Waals surface area contributed by atoms with E-state index < -0.39 is 0 Å². The standard InChI is InChI=1S/C29H33N5O/c35-28(12-11-23-7-3-6-22-5-1-2-10-26(22)23)33-15-13-24-21-30-29(31-27(24)14-16-33)34-19-17-32(18-20-34)25-8-4-9-25/h1-3,5-7,10-12,21,25H,4,8-9,13-20H2/b12-11+. The van der Waals surface area contributed by atoms with Gasteiger partial charge in [0.25, 0.3) is 0 Å². The lowest BCUT2D eigenvalue weighted by Crippen LogP contribution is -2.52. The minimum Gasteiger partial charge on any atom is -0.338 e. The number of carbonyl (C=O) groups excluding carboxylic acids is 1. The van der Waals surface area contributed by atoms with Crippen LogP contribution in [0.25, 0.3) is 16.8 Å². The van der Waals surface area contributed by atoms with Crippen LogP contribution in [0.1, 0.15) is 36.1 Å². The number of nitrogens with zero attached hydrogens (tertiary/aromatic N) is 5. The maximum absolute atomic E-state index is 13.0. The Balaban J connectivity index is 1.09. The summed E-state index contributed by atoms with van der Waals surface area (Å²) in [5.41, 5.74) is 3.35. The van der Waals surface area contributed by atoms with Gasteiger partial charge < -0.3 is 9.80 Å². The smallest absolute Gasteiger partial charge is 0.246 e. The molecule has 3 heterocycles. The van der Waals surface area contributed by atoms with Crippen LogP contribution in [-0.4, -0.2) is 71.0 Å². The molecule has 0 spiro atoms. The van der Waals surface area contributed by atoms with Gasteiger partial charge in [0.15, 0.2) is 0 Å². The summed E-state index contributed by atoms with van der Waals surface area (Å²) in [6.45, 7) is 5.61. The Morgan fingerprint density at radius 1 is 0.914 bits per heavy atom. The lowest BCUT2D eigenvalue weighted by atomic mass is 9.91. The van der Waals surface area contributed by atoms with Gasteiger partial charge in [-0.3, -0.25) is 9.69 Å². The van der Waals surface area contributed by atoms with Gasteiger partial charge in [-0.1, -0.05) is 48.9 Å². The molecule has 1 saturated carbocycles. The van der Waals surface area contributed by atoms with Gasteiger partial charge in [-0.05, 0) is 47.2 Å². The van der Waals surface area contributed by atoms with Crippen LogP contribution in [0, 0.1) is 0 Å². The summed E-state index contributed by atoms with van der Waals surface area (Å²) in [6.07, 6.45) is 11.4. The molecule has 0 N–H and O–H groups in total. The first kappa shape index (κ1) is 22.2.